The van der Waals surface area contributed by atoms with Gasteiger partial charge in [-0.1, -0.05) is 0 Å². The van der Waals surface area contributed by atoms with Gasteiger partial charge >= 0.3 is 12.1 Å². The third-order valence-electron chi connectivity index (χ3n) is 4.13. The minimum absolute atomic E-state index is 0.0598. The number of non-ortho nitro benzene ring substituents is 1. The number of carboxylic acids is 1. The number of carbonyl (C=O) groups is 2. The standard InChI is InChI=1S/C14H13F3N2O6/c1-25-10-3-2-8(19(23)24)6-9(10)11(20)18-5-4-13(7-18,12(21)22)14(15,16)17/h2-3,6H,4-5,7H2,1H3,(H,21,22). The molecule has 1 amide bonds. The quantitative estimate of drug-likeness (QED) is 0.649. The molecule has 1 aliphatic heterocycles. The van der Waals surface area contributed by atoms with Crippen LogP contribution in [0.2, 0.25) is 0 Å². The lowest BCUT2D eigenvalue weighted by molar-refractivity contribution is -0.384. The summed E-state index contributed by atoms with van der Waals surface area (Å²) in [4.78, 5) is 34.5. The van der Waals surface area contributed by atoms with Crippen LogP contribution in [0.25, 0.3) is 0 Å². The Labute approximate surface area is 138 Å². The van der Waals surface area contributed by atoms with E-state index < -0.39 is 53.6 Å². The molecule has 0 bridgehead atoms. The maximum Gasteiger partial charge on any atom is 0.406 e. The Hall–Kier alpha value is -2.85. The summed E-state index contributed by atoms with van der Waals surface area (Å²) in [5.41, 5.74) is -3.81. The molecule has 0 saturated carbocycles. The molecule has 1 unspecified atom stereocenters. The van der Waals surface area contributed by atoms with Crippen LogP contribution >= 0.6 is 0 Å². The van der Waals surface area contributed by atoms with Crippen LogP contribution < -0.4 is 4.74 Å². The molecule has 136 valence electrons. The van der Waals surface area contributed by atoms with Crippen LogP contribution in [-0.4, -0.2) is 53.2 Å². The van der Waals surface area contributed by atoms with E-state index in [1.807, 2.05) is 0 Å². The molecule has 1 N–H and O–H groups in total. The number of amides is 1. The smallest absolute Gasteiger partial charge is 0.406 e. The van der Waals surface area contributed by atoms with Crippen molar-refractivity contribution >= 4 is 17.6 Å². The summed E-state index contributed by atoms with van der Waals surface area (Å²) in [7, 11) is 1.19. The van der Waals surface area contributed by atoms with E-state index in [0.717, 1.165) is 18.2 Å². The molecule has 1 aliphatic rings. The molecule has 1 fully saturated rings. The Morgan fingerprint density at radius 2 is 2.04 bits per heavy atom. The summed E-state index contributed by atoms with van der Waals surface area (Å²) in [6.07, 6.45) is -5.84. The van der Waals surface area contributed by atoms with Gasteiger partial charge in [-0.3, -0.25) is 19.7 Å². The second kappa shape index (κ2) is 6.22. The molecule has 1 atom stereocenters. The second-order valence-corrected chi connectivity index (χ2v) is 5.50. The number of hydrogen-bond donors (Lipinski definition) is 1. The maximum atomic E-state index is 13.2. The Morgan fingerprint density at radius 1 is 1.40 bits per heavy atom. The van der Waals surface area contributed by atoms with Crippen molar-refractivity contribution in [2.45, 2.75) is 12.6 Å². The lowest BCUT2D eigenvalue weighted by Gasteiger charge is -2.27. The first-order chi connectivity index (χ1) is 11.5. The number of halogens is 3. The van der Waals surface area contributed by atoms with E-state index in [9.17, 15) is 32.9 Å². The highest BCUT2D eigenvalue weighted by molar-refractivity contribution is 5.98. The molecular formula is C14H13F3N2O6. The molecule has 1 aromatic carbocycles. The van der Waals surface area contributed by atoms with Gasteiger partial charge in [0.2, 0.25) is 0 Å². The van der Waals surface area contributed by atoms with Crippen LogP contribution in [0.5, 0.6) is 5.75 Å². The zero-order valence-corrected chi connectivity index (χ0v) is 12.9. The first-order valence-corrected chi connectivity index (χ1v) is 6.95. The van der Waals surface area contributed by atoms with Gasteiger partial charge in [0, 0.05) is 25.2 Å². The number of rotatable bonds is 4. The van der Waals surface area contributed by atoms with Crippen LogP contribution in [0.1, 0.15) is 16.8 Å². The molecule has 0 aliphatic carbocycles. The number of ether oxygens (including phenoxy) is 1. The lowest BCUT2D eigenvalue weighted by Crippen LogP contribution is -2.47. The monoisotopic (exact) mass is 362 g/mol. The highest BCUT2D eigenvalue weighted by Crippen LogP contribution is 2.46. The highest BCUT2D eigenvalue weighted by Gasteiger charge is 2.64. The van der Waals surface area contributed by atoms with Crippen molar-refractivity contribution < 1.29 is 37.5 Å². The van der Waals surface area contributed by atoms with Crippen molar-refractivity contribution in [2.75, 3.05) is 20.2 Å². The molecule has 1 aromatic rings. The molecule has 8 nitrogen and oxygen atoms in total. The maximum absolute atomic E-state index is 13.2. The van der Waals surface area contributed by atoms with E-state index in [0.29, 0.717) is 4.90 Å². The average Bonchev–Trinajstić information content (AvgIpc) is 3.00. The Balaban J connectivity index is 2.38. The van der Waals surface area contributed by atoms with Crippen molar-refractivity contribution in [3.63, 3.8) is 0 Å². The number of aliphatic carboxylic acids is 1. The first kappa shape index (κ1) is 18.5. The number of hydrogen-bond acceptors (Lipinski definition) is 5. The third kappa shape index (κ3) is 3.08. The van der Waals surface area contributed by atoms with Crippen LogP contribution in [0.4, 0.5) is 18.9 Å². The predicted molar refractivity (Wildman–Crippen MR) is 76.3 cm³/mol. The van der Waals surface area contributed by atoms with E-state index in [-0.39, 0.29) is 11.3 Å². The predicted octanol–water partition coefficient (Wildman–Crippen LogP) is 2.08. The SMILES string of the molecule is COc1ccc([N+](=O)[O-])cc1C(=O)N1CCC(C(=O)O)(C(F)(F)F)C1. The fourth-order valence-electron chi connectivity index (χ4n) is 2.66. The molecule has 0 radical (unpaired) electrons. The van der Waals surface area contributed by atoms with Gasteiger partial charge in [-0.25, -0.2) is 0 Å². The Bertz CT molecular complexity index is 736. The largest absolute Gasteiger partial charge is 0.496 e. The third-order valence-corrected chi connectivity index (χ3v) is 4.13. The van der Waals surface area contributed by atoms with Gasteiger partial charge in [0.25, 0.3) is 11.6 Å². The van der Waals surface area contributed by atoms with Crippen LogP contribution in [0, 0.1) is 15.5 Å². The zero-order chi connectivity index (χ0) is 19.0. The number of nitro benzene ring substituents is 1. The number of likely N-dealkylation sites (tertiary alicyclic amines) is 1. The summed E-state index contributed by atoms with van der Waals surface area (Å²) in [6.45, 7) is -1.52. The fourth-order valence-corrected chi connectivity index (χ4v) is 2.66. The van der Waals surface area contributed by atoms with Gasteiger partial charge in [0.15, 0.2) is 5.41 Å². The van der Waals surface area contributed by atoms with Gasteiger partial charge in [-0.05, 0) is 12.5 Å². The van der Waals surface area contributed by atoms with Crippen LogP contribution in [0.3, 0.4) is 0 Å². The van der Waals surface area contributed by atoms with E-state index in [1.54, 1.807) is 0 Å². The van der Waals surface area contributed by atoms with Crippen molar-refractivity contribution in [3.8, 4) is 5.75 Å². The van der Waals surface area contributed by atoms with Gasteiger partial charge in [0.05, 0.1) is 17.6 Å². The Kier molecular flexibility index (Phi) is 4.60. The second-order valence-electron chi connectivity index (χ2n) is 5.50. The van der Waals surface area contributed by atoms with E-state index in [2.05, 4.69) is 0 Å². The van der Waals surface area contributed by atoms with Crippen molar-refractivity contribution in [1.82, 2.24) is 4.90 Å². The fraction of sp³-hybridized carbons (Fsp3) is 0.429. The van der Waals surface area contributed by atoms with Crippen LogP contribution in [0.15, 0.2) is 18.2 Å². The molecule has 11 heteroatoms. The summed E-state index contributed by atoms with van der Waals surface area (Å²) in [6, 6.07) is 3.11. The molecular weight excluding hydrogens is 349 g/mol. The summed E-state index contributed by atoms with van der Waals surface area (Å²) >= 11 is 0. The number of alkyl halides is 3. The van der Waals surface area contributed by atoms with Gasteiger partial charge < -0.3 is 14.7 Å². The molecule has 0 spiro atoms. The van der Waals surface area contributed by atoms with Crippen molar-refractivity contribution in [1.29, 1.82) is 0 Å². The number of methoxy groups -OCH3 is 1. The van der Waals surface area contributed by atoms with E-state index in [1.165, 1.54) is 7.11 Å². The summed E-state index contributed by atoms with van der Waals surface area (Å²) in [5, 5.41) is 19.8. The molecule has 0 aromatic heterocycles. The molecule has 1 saturated heterocycles. The van der Waals surface area contributed by atoms with E-state index >= 15 is 0 Å². The topological polar surface area (TPSA) is 110 Å². The normalized spacial score (nSPS) is 20.4. The van der Waals surface area contributed by atoms with Gasteiger partial charge in [0.1, 0.15) is 5.75 Å². The lowest BCUT2D eigenvalue weighted by atomic mass is 9.86. The Morgan fingerprint density at radius 3 is 2.48 bits per heavy atom. The zero-order valence-electron chi connectivity index (χ0n) is 12.9. The molecule has 25 heavy (non-hydrogen) atoms. The number of nitrogens with zero attached hydrogens (tertiary/aromatic N) is 2. The van der Waals surface area contributed by atoms with Gasteiger partial charge in [-0.2, -0.15) is 13.2 Å². The molecule has 2 rings (SSSR count). The number of nitro groups is 1. The van der Waals surface area contributed by atoms with Gasteiger partial charge in [-0.15, -0.1) is 0 Å². The number of carboxylic acid groups (broad SMARTS) is 1. The van der Waals surface area contributed by atoms with Crippen LogP contribution in [-0.2, 0) is 4.79 Å². The average molecular weight is 362 g/mol. The van der Waals surface area contributed by atoms with E-state index in [4.69, 9.17) is 9.84 Å². The first-order valence-electron chi connectivity index (χ1n) is 6.95. The minimum atomic E-state index is -5.04. The highest BCUT2D eigenvalue weighted by atomic mass is 19.4. The summed E-state index contributed by atoms with van der Waals surface area (Å²) in [5.74, 6) is -3.09. The number of carbonyl (C=O) groups excluding carboxylic acids is 1. The molecule has 1 heterocycles. The van der Waals surface area contributed by atoms with Crippen molar-refractivity contribution in [2.24, 2.45) is 5.41 Å². The number of benzene rings is 1. The minimum Gasteiger partial charge on any atom is -0.496 e. The summed E-state index contributed by atoms with van der Waals surface area (Å²) < 4.78 is 44.5. The van der Waals surface area contributed by atoms with Crippen molar-refractivity contribution in [3.05, 3.63) is 33.9 Å².